The van der Waals surface area contributed by atoms with E-state index >= 15 is 0 Å². The molecule has 2 heterocycles. The second kappa shape index (κ2) is 9.43. The summed E-state index contributed by atoms with van der Waals surface area (Å²) in [5.74, 6) is -1.16. The van der Waals surface area contributed by atoms with E-state index in [9.17, 15) is 18.8 Å². The van der Waals surface area contributed by atoms with Crippen molar-refractivity contribution in [3.63, 3.8) is 0 Å². The summed E-state index contributed by atoms with van der Waals surface area (Å²) in [6.07, 6.45) is 2.83. The highest BCUT2D eigenvalue weighted by atomic mass is 19.1. The number of aromatic nitrogens is 4. The molecular weight excluding hydrogens is 429 g/mol. The van der Waals surface area contributed by atoms with Gasteiger partial charge in [-0.25, -0.2) is 18.9 Å². The molecule has 1 N–H and O–H groups in total. The molecule has 0 atom stereocenters. The Hall–Kier alpha value is -4.34. The molecule has 0 aliphatic heterocycles. The van der Waals surface area contributed by atoms with Crippen LogP contribution in [0.2, 0.25) is 0 Å². The summed E-state index contributed by atoms with van der Waals surface area (Å²) in [6, 6.07) is 12.1. The van der Waals surface area contributed by atoms with Crippen molar-refractivity contribution in [1.82, 2.24) is 24.6 Å². The van der Waals surface area contributed by atoms with E-state index in [1.54, 1.807) is 12.1 Å². The summed E-state index contributed by atoms with van der Waals surface area (Å²) in [5.41, 5.74) is 1.50. The SMILES string of the molecule is COC(=O)c1ccc(C(=O)NCCn2ncc3c(=O)n(Cc4cccc(F)c4)cnc32)cc1. The van der Waals surface area contributed by atoms with Crippen molar-refractivity contribution >= 4 is 22.9 Å². The molecule has 168 valence electrons. The van der Waals surface area contributed by atoms with E-state index in [1.165, 1.54) is 65.3 Å². The lowest BCUT2D eigenvalue weighted by atomic mass is 10.1. The van der Waals surface area contributed by atoms with E-state index in [0.717, 1.165) is 0 Å². The largest absolute Gasteiger partial charge is 0.465 e. The Morgan fingerprint density at radius 2 is 1.88 bits per heavy atom. The van der Waals surface area contributed by atoms with Crippen molar-refractivity contribution in [3.05, 3.63) is 93.9 Å². The number of methoxy groups -OCH3 is 1. The molecule has 0 radical (unpaired) electrons. The summed E-state index contributed by atoms with van der Waals surface area (Å²) in [4.78, 5) is 40.9. The molecule has 0 fully saturated rings. The minimum atomic E-state index is -0.477. The molecule has 4 aromatic rings. The van der Waals surface area contributed by atoms with Crippen LogP contribution in [0.5, 0.6) is 0 Å². The van der Waals surface area contributed by atoms with Gasteiger partial charge in [0.2, 0.25) is 0 Å². The maximum Gasteiger partial charge on any atom is 0.337 e. The molecule has 33 heavy (non-hydrogen) atoms. The number of esters is 1. The van der Waals surface area contributed by atoms with Crippen LogP contribution in [0.3, 0.4) is 0 Å². The highest BCUT2D eigenvalue weighted by molar-refractivity contribution is 5.96. The molecule has 9 nitrogen and oxygen atoms in total. The van der Waals surface area contributed by atoms with E-state index in [-0.39, 0.29) is 30.4 Å². The first-order chi connectivity index (χ1) is 16.0. The molecule has 0 aliphatic carbocycles. The molecule has 0 saturated carbocycles. The van der Waals surface area contributed by atoms with Crippen molar-refractivity contribution in [2.75, 3.05) is 13.7 Å². The first-order valence-electron chi connectivity index (χ1n) is 10.1. The maximum absolute atomic E-state index is 13.4. The second-order valence-corrected chi connectivity index (χ2v) is 7.24. The van der Waals surface area contributed by atoms with Crippen molar-refractivity contribution in [3.8, 4) is 0 Å². The fourth-order valence-electron chi connectivity index (χ4n) is 3.36. The number of halogens is 1. The number of nitrogens with one attached hydrogen (secondary N) is 1. The van der Waals surface area contributed by atoms with E-state index in [0.29, 0.717) is 34.3 Å². The number of benzene rings is 2. The Morgan fingerprint density at radius 3 is 2.61 bits per heavy atom. The molecule has 10 heteroatoms. The van der Waals surface area contributed by atoms with Crippen LogP contribution in [0.1, 0.15) is 26.3 Å². The minimum absolute atomic E-state index is 0.190. The van der Waals surface area contributed by atoms with Crippen LogP contribution in [0.15, 0.2) is 65.8 Å². The van der Waals surface area contributed by atoms with E-state index < -0.39 is 5.97 Å². The van der Waals surface area contributed by atoms with Gasteiger partial charge in [0.15, 0.2) is 5.65 Å². The number of carbonyl (C=O) groups excluding carboxylic acids is 2. The summed E-state index contributed by atoms with van der Waals surface area (Å²) in [6.45, 7) is 0.744. The first kappa shape index (κ1) is 21.9. The standard InChI is InChI=1S/C23H20FN5O4/c1-33-23(32)17-7-5-16(6-8-17)21(30)25-9-10-29-20-19(12-27-29)22(31)28(14-26-20)13-15-3-2-4-18(24)11-15/h2-8,11-12,14H,9-10,13H2,1H3,(H,25,30). The number of nitrogens with zero attached hydrogens (tertiary/aromatic N) is 4. The quantitative estimate of drug-likeness (QED) is 0.433. The smallest absolute Gasteiger partial charge is 0.337 e. The van der Waals surface area contributed by atoms with Gasteiger partial charge in [-0.3, -0.25) is 14.2 Å². The summed E-state index contributed by atoms with van der Waals surface area (Å²) >= 11 is 0. The third-order valence-corrected chi connectivity index (χ3v) is 5.04. The zero-order valence-electron chi connectivity index (χ0n) is 17.7. The molecule has 0 saturated heterocycles. The summed E-state index contributed by atoms with van der Waals surface area (Å²) < 4.78 is 21.0. The van der Waals surface area contributed by atoms with E-state index in [1.807, 2.05) is 0 Å². The fraction of sp³-hybridized carbons (Fsp3) is 0.174. The van der Waals surface area contributed by atoms with Crippen LogP contribution >= 0.6 is 0 Å². The number of carbonyl (C=O) groups is 2. The topological polar surface area (TPSA) is 108 Å². The van der Waals surface area contributed by atoms with Gasteiger partial charge in [-0.1, -0.05) is 12.1 Å². The van der Waals surface area contributed by atoms with Gasteiger partial charge < -0.3 is 10.1 Å². The molecule has 2 aromatic heterocycles. The first-order valence-corrected chi connectivity index (χ1v) is 10.1. The van der Waals surface area contributed by atoms with Crippen LogP contribution in [0.4, 0.5) is 4.39 Å². The summed E-state index contributed by atoms with van der Waals surface area (Å²) in [7, 11) is 1.29. The van der Waals surface area contributed by atoms with Crippen molar-refractivity contribution in [2.45, 2.75) is 13.1 Å². The average molecular weight is 449 g/mol. The minimum Gasteiger partial charge on any atom is -0.465 e. The number of rotatable bonds is 7. The Bertz CT molecular complexity index is 1380. The fourth-order valence-corrected chi connectivity index (χ4v) is 3.36. The van der Waals surface area contributed by atoms with Gasteiger partial charge in [-0.05, 0) is 42.0 Å². The van der Waals surface area contributed by atoms with Gasteiger partial charge >= 0.3 is 5.97 Å². The zero-order valence-corrected chi connectivity index (χ0v) is 17.7. The summed E-state index contributed by atoms with van der Waals surface area (Å²) in [5, 5.41) is 7.30. The zero-order chi connectivity index (χ0) is 23.4. The second-order valence-electron chi connectivity index (χ2n) is 7.24. The Kier molecular flexibility index (Phi) is 6.25. The number of amides is 1. The van der Waals surface area contributed by atoms with Gasteiger partial charge in [-0.15, -0.1) is 0 Å². The normalized spacial score (nSPS) is 10.8. The third kappa shape index (κ3) is 4.79. The highest BCUT2D eigenvalue weighted by Crippen LogP contribution is 2.09. The Morgan fingerprint density at radius 1 is 1.12 bits per heavy atom. The molecule has 0 spiro atoms. The lowest BCUT2D eigenvalue weighted by molar-refractivity contribution is 0.0600. The van der Waals surface area contributed by atoms with Crippen LogP contribution in [0, 0.1) is 5.82 Å². The maximum atomic E-state index is 13.4. The van der Waals surface area contributed by atoms with Crippen molar-refractivity contribution < 1.29 is 18.7 Å². The van der Waals surface area contributed by atoms with Gasteiger partial charge in [0, 0.05) is 12.1 Å². The van der Waals surface area contributed by atoms with Crippen LogP contribution in [0.25, 0.3) is 11.0 Å². The molecule has 0 bridgehead atoms. The number of fused-ring (bicyclic) bond motifs is 1. The van der Waals surface area contributed by atoms with Crippen LogP contribution in [-0.2, 0) is 17.8 Å². The van der Waals surface area contributed by atoms with Crippen LogP contribution < -0.4 is 10.9 Å². The van der Waals surface area contributed by atoms with Gasteiger partial charge in [-0.2, -0.15) is 5.10 Å². The molecule has 2 aromatic carbocycles. The van der Waals surface area contributed by atoms with Crippen molar-refractivity contribution in [2.24, 2.45) is 0 Å². The lowest BCUT2D eigenvalue weighted by Gasteiger charge is -2.08. The third-order valence-electron chi connectivity index (χ3n) is 5.04. The van der Waals surface area contributed by atoms with E-state index in [2.05, 4.69) is 20.1 Å². The predicted octanol–water partition coefficient (Wildman–Crippen LogP) is 2.00. The predicted molar refractivity (Wildman–Crippen MR) is 117 cm³/mol. The number of ether oxygens (including phenoxy) is 1. The monoisotopic (exact) mass is 449 g/mol. The molecule has 4 rings (SSSR count). The van der Waals surface area contributed by atoms with Gasteiger partial charge in [0.1, 0.15) is 17.5 Å². The number of hydrogen-bond acceptors (Lipinski definition) is 6. The highest BCUT2D eigenvalue weighted by Gasteiger charge is 2.12. The van der Waals surface area contributed by atoms with Crippen LogP contribution in [-0.4, -0.2) is 44.9 Å². The molecule has 0 aliphatic rings. The molecular formula is C23H20FN5O4. The lowest BCUT2D eigenvalue weighted by Crippen LogP contribution is -2.28. The molecule has 0 unspecified atom stereocenters. The van der Waals surface area contributed by atoms with E-state index in [4.69, 9.17) is 0 Å². The Balaban J connectivity index is 1.41. The Labute approximate surface area is 187 Å². The van der Waals surface area contributed by atoms with Crippen molar-refractivity contribution in [1.29, 1.82) is 0 Å². The average Bonchev–Trinajstić information content (AvgIpc) is 3.24. The van der Waals surface area contributed by atoms with Gasteiger partial charge in [0.25, 0.3) is 11.5 Å². The molecule has 1 amide bonds. The number of hydrogen-bond donors (Lipinski definition) is 1. The van der Waals surface area contributed by atoms with Gasteiger partial charge in [0.05, 0.1) is 32.0 Å².